The minimum atomic E-state index is -0.976. The van der Waals surface area contributed by atoms with Gasteiger partial charge in [-0.25, -0.2) is 14.0 Å². The summed E-state index contributed by atoms with van der Waals surface area (Å²) in [7, 11) is 0. The minimum absolute atomic E-state index is 0.0342. The summed E-state index contributed by atoms with van der Waals surface area (Å²) in [4.78, 5) is 27.2. The Morgan fingerprint density at radius 2 is 1.90 bits per heavy atom. The van der Waals surface area contributed by atoms with Crippen molar-refractivity contribution in [3.63, 3.8) is 0 Å². The fourth-order valence-electron chi connectivity index (χ4n) is 3.59. The summed E-state index contributed by atoms with van der Waals surface area (Å²) in [6.07, 6.45) is 0.854. The van der Waals surface area contributed by atoms with Crippen LogP contribution in [0.2, 0.25) is 0 Å². The lowest BCUT2D eigenvalue weighted by molar-refractivity contribution is -0.139. The summed E-state index contributed by atoms with van der Waals surface area (Å²) in [5, 5.41) is 2.74. The first-order valence-corrected chi connectivity index (χ1v) is 10.4. The van der Waals surface area contributed by atoms with Crippen LogP contribution >= 0.6 is 0 Å². The highest BCUT2D eigenvalue weighted by Gasteiger charge is 2.39. The number of carbonyl (C=O) groups excluding carboxylic acids is 2. The van der Waals surface area contributed by atoms with Gasteiger partial charge in [0.15, 0.2) is 0 Å². The number of urea groups is 1. The summed E-state index contributed by atoms with van der Waals surface area (Å²) in [6, 6.07) is 12.3. The molecule has 1 atom stereocenters. The SMILES string of the molecule is CCOC(=O)C1=C(COc2cccc(CC)c2)N(CC)C(=O)NC1c1ccccc1F. The van der Waals surface area contributed by atoms with E-state index in [4.69, 9.17) is 9.47 Å². The lowest BCUT2D eigenvalue weighted by atomic mass is 9.94. The van der Waals surface area contributed by atoms with Gasteiger partial charge in [-0.3, -0.25) is 4.90 Å². The maximum atomic E-state index is 14.6. The van der Waals surface area contributed by atoms with E-state index < -0.39 is 23.9 Å². The molecule has 2 aromatic rings. The molecule has 2 amide bonds. The van der Waals surface area contributed by atoms with Crippen LogP contribution in [0.25, 0.3) is 0 Å². The Balaban J connectivity index is 2.07. The molecule has 1 heterocycles. The lowest BCUT2D eigenvalue weighted by Crippen LogP contribution is -2.49. The summed E-state index contributed by atoms with van der Waals surface area (Å²) < 4.78 is 25.8. The monoisotopic (exact) mass is 426 g/mol. The standard InChI is InChI=1S/C24H27FN2O4/c1-4-16-10-9-11-17(14-16)31-15-20-21(23(28)30-6-3)22(26-24(29)27(20)5-2)18-12-7-8-13-19(18)25/h7-14,22H,4-6,15H2,1-3H3,(H,26,29). The van der Waals surface area contributed by atoms with E-state index in [2.05, 4.69) is 5.32 Å². The normalized spacial score (nSPS) is 16.2. The number of hydrogen-bond acceptors (Lipinski definition) is 4. The fraction of sp³-hybridized carbons (Fsp3) is 0.333. The van der Waals surface area contributed by atoms with Crippen LogP contribution < -0.4 is 10.1 Å². The van der Waals surface area contributed by atoms with Crippen LogP contribution in [-0.4, -0.2) is 36.7 Å². The molecule has 164 valence electrons. The first-order chi connectivity index (χ1) is 15.0. The Bertz CT molecular complexity index is 989. The summed E-state index contributed by atoms with van der Waals surface area (Å²) in [6.45, 7) is 5.97. The van der Waals surface area contributed by atoms with Crippen LogP contribution in [-0.2, 0) is 16.0 Å². The van der Waals surface area contributed by atoms with Crippen LogP contribution in [0.3, 0.4) is 0 Å². The van der Waals surface area contributed by atoms with Gasteiger partial charge in [0.25, 0.3) is 0 Å². The van der Waals surface area contributed by atoms with Crippen LogP contribution in [0.4, 0.5) is 9.18 Å². The van der Waals surface area contributed by atoms with Crippen molar-refractivity contribution in [2.75, 3.05) is 19.8 Å². The van der Waals surface area contributed by atoms with Gasteiger partial charge in [0.2, 0.25) is 0 Å². The highest BCUT2D eigenvalue weighted by atomic mass is 19.1. The van der Waals surface area contributed by atoms with Crippen LogP contribution in [0.15, 0.2) is 59.8 Å². The van der Waals surface area contributed by atoms with E-state index in [-0.39, 0.29) is 24.4 Å². The zero-order valence-electron chi connectivity index (χ0n) is 18.0. The molecule has 3 rings (SSSR count). The van der Waals surface area contributed by atoms with Gasteiger partial charge < -0.3 is 14.8 Å². The first kappa shape index (κ1) is 22.3. The number of halogens is 1. The van der Waals surface area contributed by atoms with Crippen molar-refractivity contribution >= 4 is 12.0 Å². The molecule has 7 heteroatoms. The van der Waals surface area contributed by atoms with Crippen molar-refractivity contribution < 1.29 is 23.5 Å². The van der Waals surface area contributed by atoms with Crippen LogP contribution in [0, 0.1) is 5.82 Å². The molecule has 1 N–H and O–H groups in total. The van der Waals surface area contributed by atoms with Crippen LogP contribution in [0.5, 0.6) is 5.75 Å². The number of amides is 2. The number of hydrogen-bond donors (Lipinski definition) is 1. The first-order valence-electron chi connectivity index (χ1n) is 10.4. The number of nitrogens with zero attached hydrogens (tertiary/aromatic N) is 1. The number of aryl methyl sites for hydroxylation is 1. The molecule has 0 spiro atoms. The van der Waals surface area contributed by atoms with Crippen molar-refractivity contribution in [3.8, 4) is 5.75 Å². The van der Waals surface area contributed by atoms with Gasteiger partial charge in [-0.2, -0.15) is 0 Å². The Labute approximate surface area is 181 Å². The molecule has 31 heavy (non-hydrogen) atoms. The van der Waals surface area contributed by atoms with Crippen molar-refractivity contribution in [2.24, 2.45) is 0 Å². The Hall–Kier alpha value is -3.35. The molecule has 0 bridgehead atoms. The third kappa shape index (κ3) is 4.87. The van der Waals surface area contributed by atoms with Gasteiger partial charge >= 0.3 is 12.0 Å². The van der Waals surface area contributed by atoms with E-state index in [1.165, 1.54) is 11.0 Å². The largest absolute Gasteiger partial charge is 0.487 e. The molecule has 1 unspecified atom stereocenters. The van der Waals surface area contributed by atoms with E-state index in [9.17, 15) is 14.0 Å². The number of rotatable bonds is 8. The van der Waals surface area contributed by atoms with Crippen molar-refractivity contribution in [2.45, 2.75) is 33.2 Å². The second-order valence-electron chi connectivity index (χ2n) is 7.02. The topological polar surface area (TPSA) is 67.9 Å². The molecule has 1 aliphatic rings. The number of benzene rings is 2. The van der Waals surface area contributed by atoms with E-state index in [0.717, 1.165) is 12.0 Å². The van der Waals surface area contributed by atoms with Crippen molar-refractivity contribution in [1.82, 2.24) is 10.2 Å². The molecule has 6 nitrogen and oxygen atoms in total. The van der Waals surface area contributed by atoms with E-state index in [0.29, 0.717) is 18.0 Å². The minimum Gasteiger partial charge on any atom is -0.487 e. The average molecular weight is 426 g/mol. The maximum Gasteiger partial charge on any atom is 0.338 e. The number of carbonyl (C=O) groups is 2. The second kappa shape index (κ2) is 10.1. The predicted octanol–water partition coefficient (Wildman–Crippen LogP) is 4.37. The van der Waals surface area contributed by atoms with Gasteiger partial charge in [-0.1, -0.05) is 37.3 Å². The Morgan fingerprint density at radius 1 is 1.13 bits per heavy atom. The van der Waals surface area contributed by atoms with Crippen molar-refractivity contribution in [3.05, 3.63) is 76.7 Å². The fourth-order valence-corrected chi connectivity index (χ4v) is 3.59. The molecular weight excluding hydrogens is 399 g/mol. The zero-order valence-corrected chi connectivity index (χ0v) is 18.0. The highest BCUT2D eigenvalue weighted by Crippen LogP contribution is 2.33. The van der Waals surface area contributed by atoms with Gasteiger partial charge in [-0.15, -0.1) is 0 Å². The molecule has 0 fully saturated rings. The smallest absolute Gasteiger partial charge is 0.338 e. The third-order valence-electron chi connectivity index (χ3n) is 5.15. The number of ether oxygens (including phenoxy) is 2. The van der Waals surface area contributed by atoms with E-state index in [1.54, 1.807) is 32.0 Å². The molecule has 1 aliphatic heterocycles. The van der Waals surface area contributed by atoms with Crippen LogP contribution in [0.1, 0.15) is 37.9 Å². The predicted molar refractivity (Wildman–Crippen MR) is 115 cm³/mol. The highest BCUT2D eigenvalue weighted by molar-refractivity contribution is 5.95. The third-order valence-corrected chi connectivity index (χ3v) is 5.15. The zero-order chi connectivity index (χ0) is 22.4. The summed E-state index contributed by atoms with van der Waals surface area (Å²) in [5.41, 5.74) is 1.83. The van der Waals surface area contributed by atoms with Gasteiger partial charge in [-0.05, 0) is 44.0 Å². The maximum absolute atomic E-state index is 14.6. The lowest BCUT2D eigenvalue weighted by Gasteiger charge is -2.36. The van der Waals surface area contributed by atoms with E-state index >= 15 is 0 Å². The van der Waals surface area contributed by atoms with Gasteiger partial charge in [0, 0.05) is 12.1 Å². The Morgan fingerprint density at radius 3 is 2.58 bits per heavy atom. The molecule has 2 aromatic carbocycles. The molecule has 0 saturated carbocycles. The summed E-state index contributed by atoms with van der Waals surface area (Å²) >= 11 is 0. The van der Waals surface area contributed by atoms with Crippen molar-refractivity contribution in [1.29, 1.82) is 0 Å². The van der Waals surface area contributed by atoms with Gasteiger partial charge in [0.1, 0.15) is 18.2 Å². The molecule has 0 radical (unpaired) electrons. The number of likely N-dealkylation sites (N-methyl/N-ethyl adjacent to an activating group) is 1. The molecule has 0 aromatic heterocycles. The second-order valence-corrected chi connectivity index (χ2v) is 7.02. The number of esters is 1. The molecular formula is C24H27FN2O4. The Kier molecular flexibility index (Phi) is 7.28. The molecule has 0 aliphatic carbocycles. The average Bonchev–Trinajstić information content (AvgIpc) is 2.77. The van der Waals surface area contributed by atoms with E-state index in [1.807, 2.05) is 31.2 Å². The summed E-state index contributed by atoms with van der Waals surface area (Å²) in [5.74, 6) is -0.509. The quantitative estimate of drug-likeness (QED) is 0.637. The number of nitrogens with one attached hydrogen (secondary N) is 1. The molecule has 0 saturated heterocycles. The van der Waals surface area contributed by atoms with Gasteiger partial charge in [0.05, 0.1) is 23.9 Å².